The van der Waals surface area contributed by atoms with Gasteiger partial charge in [-0.1, -0.05) is 72.3 Å². The maximum absolute atomic E-state index is 13.5. The molecule has 436 valence electrons. The van der Waals surface area contributed by atoms with Crippen molar-refractivity contribution in [1.82, 2.24) is 0 Å². The molecule has 0 spiro atoms. The maximum atomic E-state index is 13.5. The molecule has 0 heterocycles. The van der Waals surface area contributed by atoms with E-state index in [1.165, 1.54) is 60.4 Å². The van der Waals surface area contributed by atoms with E-state index in [1.807, 2.05) is 61.5 Å². The molecule has 0 atom stereocenters. The second-order valence-corrected chi connectivity index (χ2v) is 33.8. The average molecular weight is 1200 g/mol. The highest BCUT2D eigenvalue weighted by Crippen LogP contribution is 2.21. The Bertz CT molecular complexity index is 2000. The standard InChI is InChI=1S/C10H16O3Si.C9H9F5O3Si.C9H13FO3Si.C9H14O3Si.C4H12O4Si.C4H12O3Si/c1-9-5-7-10(8-6-9)14(11-2,12-3)13-4;1-15-18(16-2,17-3)9-7(13)5(11)4(10)6(12)8(9)14;1-11-14(12-2,13-3)9-6-4-8(10)5-7-9;1-10-13(11-2,12-3)9-7-5-4-6-8-9;1-7-9(3-5,4-6)8-2;1-7-8(2,3-5)4-6/h5-8H,1-4H3;1-3H3;4-7H,1-3H3;4-8H,1-3H3;5-6H,3-4H2,1-2H3;5-6H,3-4H2,1-2H3. The van der Waals surface area contributed by atoms with Gasteiger partial charge in [-0.25, -0.2) is 26.3 Å². The molecule has 4 aromatic carbocycles. The first-order valence-electron chi connectivity index (χ1n) is 22.1. The van der Waals surface area contributed by atoms with Crippen molar-refractivity contribution in [1.29, 1.82) is 0 Å². The van der Waals surface area contributed by atoms with E-state index in [-0.39, 0.29) is 30.7 Å². The molecule has 4 N–H and O–H groups in total. The van der Waals surface area contributed by atoms with Crippen LogP contribution in [0.5, 0.6) is 0 Å². The smallest absolute Gasteiger partial charge is 0.416 e. The van der Waals surface area contributed by atoms with Crippen LogP contribution < -0.4 is 20.7 Å². The fourth-order valence-corrected chi connectivity index (χ4v) is 14.2. The zero-order valence-electron chi connectivity index (χ0n) is 46.0. The molecule has 76 heavy (non-hydrogen) atoms. The van der Waals surface area contributed by atoms with Crippen LogP contribution in [0.4, 0.5) is 26.3 Å². The molecule has 0 aliphatic rings. The minimum absolute atomic E-state index is 0.0139. The van der Waals surface area contributed by atoms with Crippen LogP contribution in [0, 0.1) is 41.8 Å². The van der Waals surface area contributed by atoms with Crippen molar-refractivity contribution in [2.75, 3.05) is 132 Å². The van der Waals surface area contributed by atoms with Gasteiger partial charge in [0.05, 0.1) is 24.9 Å². The molecular formula is C45H76F6O19Si6. The van der Waals surface area contributed by atoms with Gasteiger partial charge in [-0.15, -0.1) is 0 Å². The molecule has 0 amide bonds. The van der Waals surface area contributed by atoms with Crippen molar-refractivity contribution in [3.8, 4) is 0 Å². The molecule has 0 aliphatic carbocycles. The summed E-state index contributed by atoms with van der Waals surface area (Å²) in [5.74, 6) is -10.7. The monoisotopic (exact) mass is 1200 g/mol. The molecular weight excluding hydrogens is 1130 g/mol. The third kappa shape index (κ3) is 20.6. The van der Waals surface area contributed by atoms with Crippen LogP contribution in [-0.4, -0.2) is 204 Å². The van der Waals surface area contributed by atoms with Gasteiger partial charge in [-0.3, -0.25) is 0 Å². The Balaban J connectivity index is 0. The molecule has 0 saturated carbocycles. The molecule has 0 aliphatic heterocycles. The summed E-state index contributed by atoms with van der Waals surface area (Å²) in [5, 5.41) is 35.9. The van der Waals surface area contributed by atoms with Crippen molar-refractivity contribution < 1.29 is 113 Å². The predicted molar refractivity (Wildman–Crippen MR) is 283 cm³/mol. The number of aryl methyl sites for hydroxylation is 1. The van der Waals surface area contributed by atoms with Crippen LogP contribution in [0.3, 0.4) is 0 Å². The van der Waals surface area contributed by atoms with Crippen molar-refractivity contribution in [3.05, 3.63) is 119 Å². The van der Waals surface area contributed by atoms with E-state index in [2.05, 4.69) is 0 Å². The minimum Gasteiger partial charge on any atom is -0.416 e. The second kappa shape index (κ2) is 37.8. The molecule has 0 aromatic heterocycles. The lowest BCUT2D eigenvalue weighted by Crippen LogP contribution is -2.58. The van der Waals surface area contributed by atoms with E-state index in [9.17, 15) is 26.3 Å². The van der Waals surface area contributed by atoms with Gasteiger partial charge in [0, 0.05) is 122 Å². The third-order valence-corrected chi connectivity index (χ3v) is 26.3. The summed E-state index contributed by atoms with van der Waals surface area (Å²) in [6.07, 6.45) is -0.451. The molecule has 0 fully saturated rings. The maximum Gasteiger partial charge on any atom is 0.542 e. The lowest BCUT2D eigenvalue weighted by Gasteiger charge is -2.25. The summed E-state index contributed by atoms with van der Waals surface area (Å²) in [6, 6.07) is 23.7. The minimum atomic E-state index is -4.16. The summed E-state index contributed by atoms with van der Waals surface area (Å²) in [4.78, 5) is 0. The molecule has 4 rings (SSSR count). The summed E-state index contributed by atoms with van der Waals surface area (Å²) in [5.41, 5.74) is 1.21. The SMILES string of the molecule is CO[Si](C)(CO)CO.CO[Si](CO)(CO)OC.CO[Si](OC)(OC)c1c(F)c(F)c(F)c(F)c1F.CO[Si](OC)(OC)c1ccc(C)cc1.CO[Si](OC)(OC)c1ccc(F)cc1.CO[Si](OC)(OC)c1ccccc1. The highest BCUT2D eigenvalue weighted by atomic mass is 28.4. The molecule has 31 heteroatoms. The number of hydrogen-bond donors (Lipinski definition) is 4. The van der Waals surface area contributed by atoms with Crippen LogP contribution in [0.15, 0.2) is 78.9 Å². The number of aliphatic hydroxyl groups excluding tert-OH is 4. The fourth-order valence-electron chi connectivity index (χ4n) is 5.87. The molecule has 0 bridgehead atoms. The van der Waals surface area contributed by atoms with Crippen molar-refractivity contribution in [2.45, 2.75) is 13.5 Å². The first-order valence-corrected chi connectivity index (χ1v) is 34.0. The van der Waals surface area contributed by atoms with E-state index in [0.29, 0.717) is 0 Å². The van der Waals surface area contributed by atoms with Crippen LogP contribution in [-0.2, 0) is 66.4 Å². The number of benzene rings is 4. The van der Waals surface area contributed by atoms with Gasteiger partial charge in [0.25, 0.3) is 0 Å². The lowest BCUT2D eigenvalue weighted by atomic mass is 10.2. The van der Waals surface area contributed by atoms with Gasteiger partial charge in [-0.2, -0.15) is 0 Å². The predicted octanol–water partition coefficient (Wildman–Crippen LogP) is 2.29. The first-order chi connectivity index (χ1) is 35.9. The molecule has 0 saturated heterocycles. The van der Waals surface area contributed by atoms with E-state index >= 15 is 0 Å². The highest BCUT2D eigenvalue weighted by Gasteiger charge is 2.49. The largest absolute Gasteiger partial charge is 0.542 e. The number of aliphatic hydroxyl groups is 4. The first kappa shape index (κ1) is 75.1. The van der Waals surface area contributed by atoms with Crippen LogP contribution >= 0.6 is 0 Å². The Morgan fingerprint density at radius 3 is 0.829 bits per heavy atom. The Morgan fingerprint density at radius 2 is 0.605 bits per heavy atom. The van der Waals surface area contributed by atoms with Crippen LogP contribution in [0.25, 0.3) is 0 Å². The Labute approximate surface area is 448 Å². The summed E-state index contributed by atoms with van der Waals surface area (Å²) < 4.78 is 155. The summed E-state index contributed by atoms with van der Waals surface area (Å²) >= 11 is 0. The Morgan fingerprint density at radius 1 is 0.329 bits per heavy atom. The van der Waals surface area contributed by atoms with Gasteiger partial charge >= 0.3 is 43.8 Å². The lowest BCUT2D eigenvalue weighted by molar-refractivity contribution is 0.137. The van der Waals surface area contributed by atoms with E-state index < -0.39 is 86.4 Å². The number of halogens is 6. The Kier molecular flexibility index (Phi) is 37.3. The second-order valence-electron chi connectivity index (χ2n) is 15.0. The van der Waals surface area contributed by atoms with Crippen molar-refractivity contribution in [3.63, 3.8) is 0 Å². The quantitative estimate of drug-likeness (QED) is 0.0363. The van der Waals surface area contributed by atoms with Gasteiger partial charge in [0.15, 0.2) is 23.3 Å². The van der Waals surface area contributed by atoms with E-state index in [0.717, 1.165) is 36.9 Å². The number of rotatable bonds is 23. The average Bonchev–Trinajstić information content (AvgIpc) is 3.47. The van der Waals surface area contributed by atoms with Crippen LogP contribution in [0.2, 0.25) is 6.55 Å². The molecule has 0 unspecified atom stereocenters. The summed E-state index contributed by atoms with van der Waals surface area (Å²) in [6.45, 7) is 3.81. The molecule has 4 aromatic rings. The van der Waals surface area contributed by atoms with Gasteiger partial charge < -0.3 is 86.8 Å². The van der Waals surface area contributed by atoms with Gasteiger partial charge in [0.1, 0.15) is 11.0 Å². The molecule has 0 radical (unpaired) electrons. The topological polar surface area (TPSA) is 219 Å². The van der Waals surface area contributed by atoms with Gasteiger partial charge in [0.2, 0.25) is 14.1 Å². The molecule has 19 nitrogen and oxygen atoms in total. The normalized spacial score (nSPS) is 11.8. The van der Waals surface area contributed by atoms with Crippen LogP contribution in [0.1, 0.15) is 5.56 Å². The zero-order chi connectivity index (χ0) is 59.0. The fraction of sp³-hybridized carbons (Fsp3) is 0.467. The zero-order valence-corrected chi connectivity index (χ0v) is 52.0. The van der Waals surface area contributed by atoms with Gasteiger partial charge in [-0.05, 0) is 25.6 Å². The Hall–Kier alpha value is -3.00. The van der Waals surface area contributed by atoms with Crippen molar-refractivity contribution in [2.24, 2.45) is 0 Å². The third-order valence-electron chi connectivity index (χ3n) is 10.9. The van der Waals surface area contributed by atoms with Crippen molar-refractivity contribution >= 4 is 72.8 Å². The van der Waals surface area contributed by atoms with E-state index in [1.54, 1.807) is 61.3 Å². The van der Waals surface area contributed by atoms with E-state index in [4.69, 9.17) is 86.8 Å². The highest BCUT2D eigenvalue weighted by molar-refractivity contribution is 6.76. The summed E-state index contributed by atoms with van der Waals surface area (Å²) in [7, 11) is 4.69. The number of hydrogen-bond acceptors (Lipinski definition) is 19.